The third kappa shape index (κ3) is 5.32. The number of ether oxygens (including phenoxy) is 1. The van der Waals surface area contributed by atoms with Crippen molar-refractivity contribution in [2.24, 2.45) is 0 Å². The fourth-order valence-corrected chi connectivity index (χ4v) is 4.05. The van der Waals surface area contributed by atoms with Gasteiger partial charge >= 0.3 is 0 Å². The van der Waals surface area contributed by atoms with Gasteiger partial charge in [-0.05, 0) is 37.8 Å². The topological polar surface area (TPSA) is 79.2 Å². The molecular weight excluding hydrogens is 300 g/mol. The Kier molecular flexibility index (Phi) is 6.22. The monoisotopic (exact) mass is 322 g/mol. The minimum atomic E-state index is -3.36. The first kappa shape index (κ1) is 16.8. The normalized spacial score (nSPS) is 22.0. The van der Waals surface area contributed by atoms with E-state index in [1.807, 2.05) is 36.4 Å². The number of nitriles is 1. The molecule has 1 saturated carbocycles. The van der Waals surface area contributed by atoms with Crippen molar-refractivity contribution >= 4 is 10.0 Å². The van der Waals surface area contributed by atoms with Crippen LogP contribution >= 0.6 is 0 Å². The van der Waals surface area contributed by atoms with E-state index < -0.39 is 10.0 Å². The maximum absolute atomic E-state index is 12.1. The number of nitrogens with zero attached hydrogens (tertiary/aromatic N) is 1. The second-order valence-electron chi connectivity index (χ2n) is 5.56. The molecule has 1 fully saturated rings. The van der Waals surface area contributed by atoms with E-state index in [1.54, 1.807) is 0 Å². The third-order valence-electron chi connectivity index (χ3n) is 3.77. The van der Waals surface area contributed by atoms with Crippen molar-refractivity contribution < 1.29 is 13.2 Å². The highest BCUT2D eigenvalue weighted by Gasteiger charge is 2.30. The van der Waals surface area contributed by atoms with Crippen molar-refractivity contribution in [2.45, 2.75) is 50.7 Å². The largest absolute Gasteiger partial charge is 0.489 e. The molecular formula is C16H22N2O3S. The molecule has 2 unspecified atom stereocenters. The maximum Gasteiger partial charge on any atom is 0.212 e. The minimum Gasteiger partial charge on any atom is -0.489 e. The van der Waals surface area contributed by atoms with Crippen LogP contribution in [0.25, 0.3) is 0 Å². The number of hydrogen-bond acceptors (Lipinski definition) is 4. The smallest absolute Gasteiger partial charge is 0.212 e. The highest BCUT2D eigenvalue weighted by Crippen LogP contribution is 2.24. The average Bonchev–Trinajstić information content (AvgIpc) is 2.50. The summed E-state index contributed by atoms with van der Waals surface area (Å²) in [6.45, 7) is 0. The molecule has 1 aliphatic carbocycles. The summed E-state index contributed by atoms with van der Waals surface area (Å²) in [5.74, 6) is 0.762. The molecule has 1 aromatic carbocycles. The van der Waals surface area contributed by atoms with E-state index in [4.69, 9.17) is 10.00 Å². The van der Waals surface area contributed by atoms with E-state index in [1.165, 1.54) is 0 Å². The lowest BCUT2D eigenvalue weighted by Crippen LogP contribution is -2.48. The number of sulfonamides is 1. The Hall–Kier alpha value is -1.58. The van der Waals surface area contributed by atoms with Gasteiger partial charge < -0.3 is 4.74 Å². The molecule has 1 aromatic rings. The summed E-state index contributed by atoms with van der Waals surface area (Å²) in [6, 6.07) is 11.3. The number of hydrogen-bond donors (Lipinski definition) is 1. The van der Waals surface area contributed by atoms with E-state index in [0.29, 0.717) is 6.42 Å². The lowest BCUT2D eigenvalue weighted by atomic mass is 9.93. The summed E-state index contributed by atoms with van der Waals surface area (Å²) in [5, 5.41) is 8.51. The molecule has 2 rings (SSSR count). The van der Waals surface area contributed by atoms with E-state index in [0.717, 1.165) is 31.4 Å². The molecule has 0 bridgehead atoms. The molecule has 0 radical (unpaired) electrons. The predicted molar refractivity (Wildman–Crippen MR) is 84.9 cm³/mol. The van der Waals surface area contributed by atoms with Gasteiger partial charge in [0, 0.05) is 6.42 Å². The second kappa shape index (κ2) is 8.16. The molecule has 6 heteroatoms. The zero-order valence-corrected chi connectivity index (χ0v) is 13.4. The SMILES string of the molecule is N#CCCCS(=O)(=O)NC1CCCCC1Oc1ccccc1. The summed E-state index contributed by atoms with van der Waals surface area (Å²) in [7, 11) is -3.36. The van der Waals surface area contributed by atoms with Crippen LogP contribution in [0.4, 0.5) is 0 Å². The molecule has 0 aromatic heterocycles. The fourth-order valence-electron chi connectivity index (χ4n) is 2.68. The van der Waals surface area contributed by atoms with Gasteiger partial charge in [0.1, 0.15) is 11.9 Å². The Morgan fingerprint density at radius 1 is 1.23 bits per heavy atom. The molecule has 0 saturated heterocycles. The molecule has 0 aliphatic heterocycles. The minimum absolute atomic E-state index is 0.00484. The number of nitrogens with one attached hydrogen (secondary N) is 1. The van der Waals surface area contributed by atoms with Gasteiger partial charge in [-0.3, -0.25) is 0 Å². The zero-order valence-electron chi connectivity index (χ0n) is 12.6. The van der Waals surface area contributed by atoms with Gasteiger partial charge in [-0.15, -0.1) is 0 Å². The first-order valence-electron chi connectivity index (χ1n) is 7.69. The van der Waals surface area contributed by atoms with Crippen LogP contribution in [0.1, 0.15) is 38.5 Å². The molecule has 120 valence electrons. The van der Waals surface area contributed by atoms with Gasteiger partial charge in [0.15, 0.2) is 0 Å². The van der Waals surface area contributed by atoms with E-state index in [9.17, 15) is 8.42 Å². The van der Waals surface area contributed by atoms with Gasteiger partial charge in [0.05, 0.1) is 17.9 Å². The summed E-state index contributed by atoms with van der Waals surface area (Å²) in [6.07, 6.45) is 4.17. The van der Waals surface area contributed by atoms with Crippen molar-refractivity contribution in [3.63, 3.8) is 0 Å². The molecule has 22 heavy (non-hydrogen) atoms. The number of rotatable bonds is 7. The number of para-hydroxylation sites is 1. The van der Waals surface area contributed by atoms with Gasteiger partial charge in [-0.25, -0.2) is 13.1 Å². The third-order valence-corrected chi connectivity index (χ3v) is 5.25. The van der Waals surface area contributed by atoms with Crippen LogP contribution in [0.3, 0.4) is 0 Å². The van der Waals surface area contributed by atoms with E-state index in [2.05, 4.69) is 4.72 Å². The van der Waals surface area contributed by atoms with Crippen LogP contribution < -0.4 is 9.46 Å². The summed E-state index contributed by atoms with van der Waals surface area (Å²) in [5.41, 5.74) is 0. The highest BCUT2D eigenvalue weighted by molar-refractivity contribution is 7.89. The Balaban J connectivity index is 1.96. The lowest BCUT2D eigenvalue weighted by molar-refractivity contribution is 0.125. The second-order valence-corrected chi connectivity index (χ2v) is 7.43. The summed E-state index contributed by atoms with van der Waals surface area (Å²) < 4.78 is 32.9. The van der Waals surface area contributed by atoms with Crippen LogP contribution in [0.5, 0.6) is 5.75 Å². The standard InChI is InChI=1S/C16H22N2O3S/c17-12-6-7-13-22(19,20)18-15-10-4-5-11-16(15)21-14-8-2-1-3-9-14/h1-3,8-9,15-16,18H,4-7,10-11,13H2. The summed E-state index contributed by atoms with van der Waals surface area (Å²) in [4.78, 5) is 0. The van der Waals surface area contributed by atoms with E-state index in [-0.39, 0.29) is 24.3 Å². The van der Waals surface area contributed by atoms with Gasteiger partial charge in [-0.1, -0.05) is 24.6 Å². The first-order valence-corrected chi connectivity index (χ1v) is 9.34. The zero-order chi connectivity index (χ0) is 15.8. The predicted octanol–water partition coefficient (Wildman–Crippen LogP) is 2.60. The maximum atomic E-state index is 12.1. The molecule has 1 aliphatic rings. The number of unbranched alkanes of at least 4 members (excludes halogenated alkanes) is 1. The quantitative estimate of drug-likeness (QED) is 0.783. The Morgan fingerprint density at radius 2 is 1.95 bits per heavy atom. The Bertz CT molecular complexity index is 596. The van der Waals surface area contributed by atoms with Crippen LogP contribution in [-0.4, -0.2) is 26.3 Å². The van der Waals surface area contributed by atoms with Gasteiger partial charge in [0.2, 0.25) is 10.0 Å². The Morgan fingerprint density at radius 3 is 2.68 bits per heavy atom. The number of benzene rings is 1. The van der Waals surface area contributed by atoms with E-state index >= 15 is 0 Å². The van der Waals surface area contributed by atoms with Crippen LogP contribution in [-0.2, 0) is 10.0 Å². The lowest BCUT2D eigenvalue weighted by Gasteiger charge is -2.32. The molecule has 2 atom stereocenters. The molecule has 5 nitrogen and oxygen atoms in total. The van der Waals surface area contributed by atoms with Crippen LogP contribution in [0.15, 0.2) is 30.3 Å². The van der Waals surface area contributed by atoms with Crippen molar-refractivity contribution in [3.05, 3.63) is 30.3 Å². The molecule has 1 N–H and O–H groups in total. The first-order chi connectivity index (χ1) is 10.6. The van der Waals surface area contributed by atoms with Crippen molar-refractivity contribution in [3.8, 4) is 11.8 Å². The molecule has 0 spiro atoms. The van der Waals surface area contributed by atoms with Crippen LogP contribution in [0, 0.1) is 11.3 Å². The van der Waals surface area contributed by atoms with Crippen LogP contribution in [0.2, 0.25) is 0 Å². The van der Waals surface area contributed by atoms with Gasteiger partial charge in [0.25, 0.3) is 0 Å². The van der Waals surface area contributed by atoms with Crippen molar-refractivity contribution in [2.75, 3.05) is 5.75 Å². The average molecular weight is 322 g/mol. The van der Waals surface area contributed by atoms with Crippen molar-refractivity contribution in [1.82, 2.24) is 4.72 Å². The van der Waals surface area contributed by atoms with Gasteiger partial charge in [-0.2, -0.15) is 5.26 Å². The fraction of sp³-hybridized carbons (Fsp3) is 0.562. The summed E-state index contributed by atoms with van der Waals surface area (Å²) >= 11 is 0. The highest BCUT2D eigenvalue weighted by atomic mass is 32.2. The molecule has 0 heterocycles. The Labute approximate surface area is 132 Å². The van der Waals surface area contributed by atoms with Crippen molar-refractivity contribution in [1.29, 1.82) is 5.26 Å². The molecule has 0 amide bonds.